The van der Waals surface area contributed by atoms with E-state index in [0.29, 0.717) is 18.4 Å². The van der Waals surface area contributed by atoms with Gasteiger partial charge >= 0.3 is 0 Å². The van der Waals surface area contributed by atoms with Gasteiger partial charge in [-0.2, -0.15) is 4.98 Å². The lowest BCUT2D eigenvalue weighted by Crippen LogP contribution is -2.09. The molecule has 0 spiro atoms. The Bertz CT molecular complexity index is 636. The summed E-state index contributed by atoms with van der Waals surface area (Å²) in [5, 5.41) is 4.26. The summed E-state index contributed by atoms with van der Waals surface area (Å²) in [5.74, 6) is 3.76. The van der Waals surface area contributed by atoms with E-state index in [-0.39, 0.29) is 0 Å². The van der Waals surface area contributed by atoms with Crippen LogP contribution >= 0.6 is 0 Å². The molecule has 1 aromatic carbocycles. The summed E-state index contributed by atoms with van der Waals surface area (Å²) < 4.78 is 5.51. The number of benzene rings is 1. The molecule has 4 nitrogen and oxygen atoms in total. The second-order valence-corrected chi connectivity index (χ2v) is 6.48. The number of nitrogens with two attached hydrogens (primary N) is 1. The lowest BCUT2D eigenvalue weighted by molar-refractivity contribution is 0.372. The average molecular weight is 283 g/mol. The van der Waals surface area contributed by atoms with Gasteiger partial charge in [0.25, 0.3) is 5.89 Å². The molecule has 2 aliphatic rings. The Balaban J connectivity index is 1.58. The molecule has 1 heterocycles. The number of hydrogen-bond acceptors (Lipinski definition) is 4. The van der Waals surface area contributed by atoms with E-state index in [1.165, 1.54) is 31.2 Å². The predicted octanol–water partition coefficient (Wildman–Crippen LogP) is 3.14. The molecule has 4 heteroatoms. The first-order valence-electron chi connectivity index (χ1n) is 7.96. The van der Waals surface area contributed by atoms with Crippen molar-refractivity contribution in [1.82, 2.24) is 10.1 Å². The van der Waals surface area contributed by atoms with Crippen LogP contribution in [0.5, 0.6) is 0 Å². The molecular formula is C17H21N3O. The minimum absolute atomic E-state index is 0.522. The monoisotopic (exact) mass is 283 g/mol. The third kappa shape index (κ3) is 2.38. The van der Waals surface area contributed by atoms with Crippen molar-refractivity contribution in [3.05, 3.63) is 35.7 Å². The maximum Gasteiger partial charge on any atom is 0.257 e. The summed E-state index contributed by atoms with van der Waals surface area (Å²) in [5.41, 5.74) is 7.84. The fourth-order valence-electron chi connectivity index (χ4n) is 4.09. The van der Waals surface area contributed by atoms with Crippen molar-refractivity contribution in [3.8, 4) is 11.5 Å². The largest absolute Gasteiger partial charge is 0.334 e. The van der Waals surface area contributed by atoms with Gasteiger partial charge in [0.1, 0.15) is 0 Å². The molecule has 0 amide bonds. The van der Waals surface area contributed by atoms with Gasteiger partial charge in [0.15, 0.2) is 5.82 Å². The summed E-state index contributed by atoms with van der Waals surface area (Å²) >= 11 is 0. The zero-order chi connectivity index (χ0) is 14.2. The van der Waals surface area contributed by atoms with Gasteiger partial charge < -0.3 is 10.3 Å². The highest BCUT2D eigenvalue weighted by molar-refractivity contribution is 5.54. The molecule has 3 unspecified atom stereocenters. The van der Waals surface area contributed by atoms with Crippen LogP contribution in [-0.4, -0.2) is 16.7 Å². The molecule has 4 rings (SSSR count). The van der Waals surface area contributed by atoms with Gasteiger partial charge in [0.05, 0.1) is 0 Å². The Morgan fingerprint density at radius 3 is 2.95 bits per heavy atom. The Kier molecular flexibility index (Phi) is 3.26. The van der Waals surface area contributed by atoms with E-state index in [2.05, 4.69) is 22.3 Å². The summed E-state index contributed by atoms with van der Waals surface area (Å²) in [6.07, 6.45) is 6.22. The van der Waals surface area contributed by atoms with Gasteiger partial charge in [-0.15, -0.1) is 0 Å². The van der Waals surface area contributed by atoms with Crippen LogP contribution in [0, 0.1) is 11.8 Å². The van der Waals surface area contributed by atoms with Crippen molar-refractivity contribution in [3.63, 3.8) is 0 Å². The molecule has 2 aromatic rings. The minimum atomic E-state index is 0.522. The van der Waals surface area contributed by atoms with Crippen LogP contribution in [0.3, 0.4) is 0 Å². The third-order valence-electron chi connectivity index (χ3n) is 5.12. The van der Waals surface area contributed by atoms with Crippen molar-refractivity contribution in [2.75, 3.05) is 6.54 Å². The maximum absolute atomic E-state index is 5.62. The number of nitrogens with zero attached hydrogens (tertiary/aromatic N) is 2. The molecule has 0 radical (unpaired) electrons. The van der Waals surface area contributed by atoms with E-state index < -0.39 is 0 Å². The summed E-state index contributed by atoms with van der Waals surface area (Å²) in [7, 11) is 0. The smallest absolute Gasteiger partial charge is 0.257 e. The lowest BCUT2D eigenvalue weighted by atomic mass is 9.88. The van der Waals surface area contributed by atoms with Gasteiger partial charge in [-0.3, -0.25) is 0 Å². The Hall–Kier alpha value is -1.68. The van der Waals surface area contributed by atoms with E-state index in [4.69, 9.17) is 10.3 Å². The molecule has 2 aliphatic carbocycles. The maximum atomic E-state index is 5.62. The van der Waals surface area contributed by atoms with Crippen LogP contribution < -0.4 is 5.73 Å². The number of aromatic nitrogens is 2. The van der Waals surface area contributed by atoms with Crippen molar-refractivity contribution in [2.45, 2.75) is 38.0 Å². The first-order chi connectivity index (χ1) is 10.3. The van der Waals surface area contributed by atoms with Crippen LogP contribution in [0.2, 0.25) is 0 Å². The van der Waals surface area contributed by atoms with E-state index in [0.717, 1.165) is 29.6 Å². The van der Waals surface area contributed by atoms with Crippen LogP contribution in [0.4, 0.5) is 0 Å². The summed E-state index contributed by atoms with van der Waals surface area (Å²) in [4.78, 5) is 4.67. The molecule has 2 N–H and O–H groups in total. The van der Waals surface area contributed by atoms with Crippen LogP contribution in [-0.2, 0) is 6.42 Å². The van der Waals surface area contributed by atoms with Crippen molar-refractivity contribution >= 4 is 0 Å². The molecule has 1 aromatic heterocycles. The van der Waals surface area contributed by atoms with E-state index in [9.17, 15) is 0 Å². The minimum Gasteiger partial charge on any atom is -0.334 e. The van der Waals surface area contributed by atoms with Gasteiger partial charge in [-0.1, -0.05) is 23.7 Å². The predicted molar refractivity (Wildman–Crippen MR) is 80.7 cm³/mol. The van der Waals surface area contributed by atoms with Gasteiger partial charge in [-0.05, 0) is 61.8 Å². The summed E-state index contributed by atoms with van der Waals surface area (Å²) in [6, 6.07) is 8.24. The Morgan fingerprint density at radius 1 is 1.24 bits per heavy atom. The van der Waals surface area contributed by atoms with Crippen LogP contribution in [0.1, 0.15) is 43.0 Å². The molecule has 0 aliphatic heterocycles. The van der Waals surface area contributed by atoms with Gasteiger partial charge in [0, 0.05) is 11.5 Å². The van der Waals surface area contributed by atoms with Crippen LogP contribution in [0.15, 0.2) is 28.8 Å². The molecule has 2 fully saturated rings. The van der Waals surface area contributed by atoms with E-state index in [1.807, 2.05) is 12.1 Å². The molecule has 21 heavy (non-hydrogen) atoms. The highest BCUT2D eigenvalue weighted by atomic mass is 16.5. The quantitative estimate of drug-likeness (QED) is 0.936. The molecule has 0 saturated heterocycles. The van der Waals surface area contributed by atoms with Crippen molar-refractivity contribution in [1.29, 1.82) is 0 Å². The average Bonchev–Trinajstić information content (AvgIpc) is 3.24. The number of hydrogen-bond donors (Lipinski definition) is 1. The molecular weight excluding hydrogens is 262 g/mol. The third-order valence-corrected chi connectivity index (χ3v) is 5.12. The Morgan fingerprint density at radius 2 is 2.19 bits per heavy atom. The topological polar surface area (TPSA) is 64.9 Å². The second-order valence-electron chi connectivity index (χ2n) is 6.48. The SMILES string of the molecule is NCCc1cccc(-c2nc(C3CC4CCC3C4)no2)c1. The zero-order valence-electron chi connectivity index (χ0n) is 12.2. The van der Waals surface area contributed by atoms with Crippen molar-refractivity contribution in [2.24, 2.45) is 17.6 Å². The number of fused-ring (bicyclic) bond motifs is 2. The first-order valence-corrected chi connectivity index (χ1v) is 7.96. The van der Waals surface area contributed by atoms with E-state index >= 15 is 0 Å². The fraction of sp³-hybridized carbons (Fsp3) is 0.529. The van der Waals surface area contributed by atoms with E-state index in [1.54, 1.807) is 0 Å². The highest BCUT2D eigenvalue weighted by Crippen LogP contribution is 2.52. The van der Waals surface area contributed by atoms with Crippen LogP contribution in [0.25, 0.3) is 11.5 Å². The first kappa shape index (κ1) is 13.0. The lowest BCUT2D eigenvalue weighted by Gasteiger charge is -2.17. The normalized spacial score (nSPS) is 27.4. The standard InChI is InChI=1S/C17H21N3O/c18-7-6-11-2-1-3-14(8-11)17-19-16(20-21-17)15-10-12-4-5-13(15)9-12/h1-3,8,12-13,15H,4-7,9-10,18H2. The van der Waals surface area contributed by atoms with Gasteiger partial charge in [0.2, 0.25) is 0 Å². The molecule has 110 valence electrons. The highest BCUT2D eigenvalue weighted by Gasteiger charge is 2.42. The Labute approximate surface area is 124 Å². The van der Waals surface area contributed by atoms with Gasteiger partial charge in [-0.25, -0.2) is 0 Å². The van der Waals surface area contributed by atoms with Crippen molar-refractivity contribution < 1.29 is 4.52 Å². The second kappa shape index (κ2) is 5.26. The molecule has 3 atom stereocenters. The fourth-order valence-corrected chi connectivity index (χ4v) is 4.09. The number of rotatable bonds is 4. The molecule has 2 saturated carbocycles. The zero-order valence-corrected chi connectivity index (χ0v) is 12.2. The summed E-state index contributed by atoms with van der Waals surface area (Å²) in [6.45, 7) is 0.656. The molecule has 2 bridgehead atoms.